The van der Waals surface area contributed by atoms with E-state index in [-0.39, 0.29) is 6.61 Å². The van der Waals surface area contributed by atoms with E-state index in [9.17, 15) is 9.90 Å². The Morgan fingerprint density at radius 3 is 2.67 bits per heavy atom. The number of aliphatic hydroxyl groups excluding tert-OH is 1. The van der Waals surface area contributed by atoms with Crippen molar-refractivity contribution in [3.63, 3.8) is 0 Å². The van der Waals surface area contributed by atoms with Crippen LogP contribution in [0, 0.1) is 0 Å². The number of aliphatic hydroxyl groups is 2. The lowest BCUT2D eigenvalue weighted by atomic mass is 9.85. The van der Waals surface area contributed by atoms with Gasteiger partial charge in [0.05, 0.1) is 6.61 Å². The fraction of sp³-hybridized carbons (Fsp3) is 0.364. The fourth-order valence-corrected chi connectivity index (χ4v) is 1.81. The van der Waals surface area contributed by atoms with Crippen molar-refractivity contribution in [1.29, 1.82) is 0 Å². The van der Waals surface area contributed by atoms with Crippen molar-refractivity contribution in [2.75, 3.05) is 13.2 Å². The summed E-state index contributed by atoms with van der Waals surface area (Å²) in [4.78, 5) is 11.5. The average Bonchev–Trinajstić information content (AvgIpc) is 2.57. The van der Waals surface area contributed by atoms with E-state index in [1.165, 1.54) is 0 Å². The minimum Gasteiger partial charge on any atom is -0.462 e. The molecule has 1 saturated heterocycles. The molecule has 0 amide bonds. The summed E-state index contributed by atoms with van der Waals surface area (Å²) < 4.78 is 4.78. The molecule has 1 aromatic carbocycles. The van der Waals surface area contributed by atoms with Gasteiger partial charge in [-0.25, -0.2) is 0 Å². The van der Waals surface area contributed by atoms with E-state index in [4.69, 9.17) is 9.84 Å². The number of esters is 1. The number of ether oxygens (including phenoxy) is 1. The maximum absolute atomic E-state index is 11.5. The molecule has 1 aliphatic rings. The fourth-order valence-electron chi connectivity index (χ4n) is 1.81. The van der Waals surface area contributed by atoms with Gasteiger partial charge >= 0.3 is 5.97 Å². The van der Waals surface area contributed by atoms with E-state index in [2.05, 4.69) is 0 Å². The first-order valence-corrected chi connectivity index (χ1v) is 4.72. The van der Waals surface area contributed by atoms with Gasteiger partial charge in [0.15, 0.2) is 0 Å². The third-order valence-corrected chi connectivity index (χ3v) is 2.64. The minimum absolute atomic E-state index is 0.151. The topological polar surface area (TPSA) is 66.8 Å². The second-order valence-corrected chi connectivity index (χ2v) is 3.71. The first-order valence-electron chi connectivity index (χ1n) is 4.72. The molecule has 0 radical (unpaired) electrons. The summed E-state index contributed by atoms with van der Waals surface area (Å²) in [6, 6.07) is 8.84. The second-order valence-electron chi connectivity index (χ2n) is 3.71. The lowest BCUT2D eigenvalue weighted by Gasteiger charge is -2.23. The van der Waals surface area contributed by atoms with Gasteiger partial charge in [-0.15, -0.1) is 0 Å². The van der Waals surface area contributed by atoms with Crippen LogP contribution >= 0.6 is 0 Å². The normalized spacial score (nSPS) is 30.3. The molecule has 2 N–H and O–H groups in total. The maximum Gasteiger partial charge on any atom is 0.316 e. The Balaban J connectivity index is 2.38. The highest BCUT2D eigenvalue weighted by Gasteiger charge is 2.49. The van der Waals surface area contributed by atoms with E-state index in [0.717, 1.165) is 0 Å². The highest BCUT2D eigenvalue weighted by atomic mass is 16.6. The SMILES string of the molecule is O=C1OCC(O)(CO)C1c1ccccc1. The van der Waals surface area contributed by atoms with E-state index in [1.54, 1.807) is 24.3 Å². The standard InChI is InChI=1S/C11H12O4/c12-6-11(14)7-15-10(13)9(11)8-4-2-1-3-5-8/h1-5,9,12,14H,6-7H2. The van der Waals surface area contributed by atoms with Gasteiger partial charge in [-0.2, -0.15) is 0 Å². The van der Waals surface area contributed by atoms with Gasteiger partial charge in [-0.05, 0) is 5.56 Å². The maximum atomic E-state index is 11.5. The van der Waals surface area contributed by atoms with Crippen LogP contribution in [0.5, 0.6) is 0 Å². The summed E-state index contributed by atoms with van der Waals surface area (Å²) in [5.74, 6) is -1.28. The van der Waals surface area contributed by atoms with Crippen LogP contribution in [0.25, 0.3) is 0 Å². The third-order valence-electron chi connectivity index (χ3n) is 2.64. The molecule has 2 atom stereocenters. The van der Waals surface area contributed by atoms with E-state index >= 15 is 0 Å². The van der Waals surface area contributed by atoms with Gasteiger partial charge in [0.25, 0.3) is 0 Å². The van der Waals surface area contributed by atoms with E-state index < -0.39 is 24.1 Å². The van der Waals surface area contributed by atoms with Crippen LogP contribution in [0.4, 0.5) is 0 Å². The van der Waals surface area contributed by atoms with Crippen LogP contribution in [-0.4, -0.2) is 35.0 Å². The molecule has 2 unspecified atom stereocenters. The molecule has 0 aromatic heterocycles. The van der Waals surface area contributed by atoms with Crippen molar-refractivity contribution >= 4 is 5.97 Å². The molecule has 1 aromatic rings. The van der Waals surface area contributed by atoms with Gasteiger partial charge in [0.1, 0.15) is 18.1 Å². The summed E-state index contributed by atoms with van der Waals surface area (Å²) >= 11 is 0. The van der Waals surface area contributed by atoms with E-state index in [1.807, 2.05) is 6.07 Å². The number of hydrogen-bond acceptors (Lipinski definition) is 4. The minimum atomic E-state index is -1.49. The van der Waals surface area contributed by atoms with Crippen LogP contribution in [-0.2, 0) is 9.53 Å². The molecule has 1 fully saturated rings. The molecular formula is C11H12O4. The molecule has 1 heterocycles. The van der Waals surface area contributed by atoms with Gasteiger partial charge in [-0.3, -0.25) is 4.79 Å². The summed E-state index contributed by atoms with van der Waals surface area (Å²) in [5.41, 5.74) is -0.824. The van der Waals surface area contributed by atoms with Crippen molar-refractivity contribution in [2.24, 2.45) is 0 Å². The number of cyclic esters (lactones) is 1. The van der Waals surface area contributed by atoms with Crippen molar-refractivity contribution in [3.05, 3.63) is 35.9 Å². The number of carbonyl (C=O) groups is 1. The molecule has 4 nitrogen and oxygen atoms in total. The Bertz CT molecular complexity index is 362. The third kappa shape index (κ3) is 1.62. The van der Waals surface area contributed by atoms with Crippen molar-refractivity contribution < 1.29 is 19.7 Å². The Morgan fingerprint density at radius 1 is 1.40 bits per heavy atom. The zero-order chi connectivity index (χ0) is 10.9. The monoisotopic (exact) mass is 208 g/mol. The summed E-state index contributed by atoms with van der Waals surface area (Å²) in [7, 11) is 0. The summed E-state index contributed by atoms with van der Waals surface area (Å²) in [6.07, 6.45) is 0. The molecule has 80 valence electrons. The number of hydrogen-bond donors (Lipinski definition) is 2. The summed E-state index contributed by atoms with van der Waals surface area (Å²) in [5, 5.41) is 19.1. The number of benzene rings is 1. The molecule has 0 saturated carbocycles. The Hall–Kier alpha value is -1.39. The van der Waals surface area contributed by atoms with Gasteiger partial charge in [-0.1, -0.05) is 30.3 Å². The Kier molecular flexibility index (Phi) is 2.46. The van der Waals surface area contributed by atoms with Crippen LogP contribution < -0.4 is 0 Å². The van der Waals surface area contributed by atoms with Crippen LogP contribution in [0.3, 0.4) is 0 Å². The van der Waals surface area contributed by atoms with Gasteiger partial charge < -0.3 is 14.9 Å². The van der Waals surface area contributed by atoms with Gasteiger partial charge in [0.2, 0.25) is 0 Å². The van der Waals surface area contributed by atoms with Crippen LogP contribution in [0.15, 0.2) is 30.3 Å². The average molecular weight is 208 g/mol. The predicted molar refractivity (Wildman–Crippen MR) is 52.2 cm³/mol. The van der Waals surface area contributed by atoms with Crippen LogP contribution in [0.2, 0.25) is 0 Å². The largest absolute Gasteiger partial charge is 0.462 e. The lowest BCUT2D eigenvalue weighted by Crippen LogP contribution is -2.40. The predicted octanol–water partition coefficient (Wildman–Crippen LogP) is 0.0504. The van der Waals surface area contributed by atoms with Crippen molar-refractivity contribution in [3.8, 4) is 0 Å². The molecule has 4 heteroatoms. The number of rotatable bonds is 2. The molecule has 0 aliphatic carbocycles. The van der Waals surface area contributed by atoms with Crippen molar-refractivity contribution in [1.82, 2.24) is 0 Å². The van der Waals surface area contributed by atoms with Crippen molar-refractivity contribution in [2.45, 2.75) is 11.5 Å². The summed E-state index contributed by atoms with van der Waals surface area (Å²) in [6.45, 7) is -0.639. The smallest absolute Gasteiger partial charge is 0.316 e. The number of carbonyl (C=O) groups excluding carboxylic acids is 1. The molecule has 0 bridgehead atoms. The Morgan fingerprint density at radius 2 is 2.07 bits per heavy atom. The first kappa shape index (κ1) is 10.1. The highest BCUT2D eigenvalue weighted by Crippen LogP contribution is 2.35. The molecule has 1 aliphatic heterocycles. The quantitative estimate of drug-likeness (QED) is 0.674. The molecule has 2 rings (SSSR count). The lowest BCUT2D eigenvalue weighted by molar-refractivity contribution is -0.139. The highest BCUT2D eigenvalue weighted by molar-refractivity contribution is 5.82. The van der Waals surface area contributed by atoms with E-state index in [0.29, 0.717) is 5.56 Å². The molecule has 0 spiro atoms. The van der Waals surface area contributed by atoms with Crippen LogP contribution in [0.1, 0.15) is 11.5 Å². The first-order chi connectivity index (χ1) is 7.17. The second kappa shape index (κ2) is 3.64. The zero-order valence-corrected chi connectivity index (χ0v) is 8.09. The molecular weight excluding hydrogens is 196 g/mol. The van der Waals surface area contributed by atoms with Gasteiger partial charge in [0, 0.05) is 0 Å². The molecule has 15 heavy (non-hydrogen) atoms. The Labute approximate surface area is 87.1 Å². The zero-order valence-electron chi connectivity index (χ0n) is 8.09.